The second-order valence-corrected chi connectivity index (χ2v) is 9.53. The standard InChI is InChI=1S/C32H33N3O2/c1-23-17-18-26(24(2)22-23)32(36)33-19-8-16-31-34-28-13-5-6-14-29(28)35(31)20-9-21-37-30-15-7-11-25-10-3-4-12-27(25)30/h3-7,10-15,17-18,22H,8-9,16,19-21H2,1-2H3,(H,33,36). The molecule has 37 heavy (non-hydrogen) atoms. The highest BCUT2D eigenvalue weighted by Gasteiger charge is 2.12. The molecule has 0 unspecified atom stereocenters. The van der Waals surface area contributed by atoms with Gasteiger partial charge in [0.05, 0.1) is 17.6 Å². The molecule has 1 heterocycles. The van der Waals surface area contributed by atoms with E-state index in [2.05, 4.69) is 46.3 Å². The maximum Gasteiger partial charge on any atom is 0.251 e. The summed E-state index contributed by atoms with van der Waals surface area (Å²) in [7, 11) is 0. The minimum Gasteiger partial charge on any atom is -0.493 e. The molecule has 0 atom stereocenters. The van der Waals surface area contributed by atoms with Gasteiger partial charge in [0.1, 0.15) is 11.6 Å². The lowest BCUT2D eigenvalue weighted by molar-refractivity contribution is 0.0952. The van der Waals surface area contributed by atoms with Gasteiger partial charge in [0.25, 0.3) is 5.91 Å². The molecule has 0 saturated carbocycles. The van der Waals surface area contributed by atoms with Gasteiger partial charge in [-0.1, -0.05) is 66.2 Å². The van der Waals surface area contributed by atoms with Crippen molar-refractivity contribution in [1.82, 2.24) is 14.9 Å². The Morgan fingerprint density at radius 3 is 2.62 bits per heavy atom. The molecule has 1 amide bonds. The fraction of sp³-hybridized carbons (Fsp3) is 0.250. The Hall–Kier alpha value is -4.12. The molecule has 5 nitrogen and oxygen atoms in total. The lowest BCUT2D eigenvalue weighted by atomic mass is 10.1. The zero-order valence-corrected chi connectivity index (χ0v) is 21.5. The van der Waals surface area contributed by atoms with Crippen molar-refractivity contribution in [2.75, 3.05) is 13.2 Å². The number of hydrogen-bond acceptors (Lipinski definition) is 3. The second kappa shape index (κ2) is 11.3. The molecular weight excluding hydrogens is 458 g/mol. The summed E-state index contributed by atoms with van der Waals surface area (Å²) in [5.41, 5.74) is 5.05. The zero-order chi connectivity index (χ0) is 25.6. The van der Waals surface area contributed by atoms with Gasteiger partial charge in [-0.3, -0.25) is 4.79 Å². The minimum absolute atomic E-state index is 0.0170. The van der Waals surface area contributed by atoms with E-state index in [4.69, 9.17) is 9.72 Å². The third-order valence-electron chi connectivity index (χ3n) is 6.76. The summed E-state index contributed by atoms with van der Waals surface area (Å²) < 4.78 is 8.47. The van der Waals surface area contributed by atoms with E-state index >= 15 is 0 Å². The van der Waals surface area contributed by atoms with Crippen LogP contribution < -0.4 is 10.1 Å². The van der Waals surface area contributed by atoms with E-state index in [1.165, 1.54) is 5.39 Å². The van der Waals surface area contributed by atoms with E-state index in [9.17, 15) is 4.79 Å². The number of ether oxygens (including phenoxy) is 1. The molecule has 0 saturated heterocycles. The summed E-state index contributed by atoms with van der Waals surface area (Å²) in [5.74, 6) is 1.96. The van der Waals surface area contributed by atoms with E-state index in [1.807, 2.05) is 62.4 Å². The van der Waals surface area contributed by atoms with E-state index in [0.717, 1.165) is 70.5 Å². The number of imidazole rings is 1. The highest BCUT2D eigenvalue weighted by atomic mass is 16.5. The predicted molar refractivity (Wildman–Crippen MR) is 150 cm³/mol. The summed E-state index contributed by atoms with van der Waals surface area (Å²) in [5, 5.41) is 5.40. The first-order chi connectivity index (χ1) is 18.1. The highest BCUT2D eigenvalue weighted by molar-refractivity contribution is 5.95. The summed E-state index contributed by atoms with van der Waals surface area (Å²) in [6, 6.07) is 28.7. The molecule has 188 valence electrons. The average Bonchev–Trinajstić information content (AvgIpc) is 3.26. The molecule has 5 aromatic rings. The van der Waals surface area contributed by atoms with Gasteiger partial charge in [0, 0.05) is 30.5 Å². The number of carbonyl (C=O) groups excluding carboxylic acids is 1. The first kappa shape index (κ1) is 24.6. The molecule has 0 aliphatic carbocycles. The number of fused-ring (bicyclic) bond motifs is 2. The van der Waals surface area contributed by atoms with Crippen molar-refractivity contribution in [3.8, 4) is 5.75 Å². The Balaban J connectivity index is 1.19. The van der Waals surface area contributed by atoms with Crippen LogP contribution in [0, 0.1) is 13.8 Å². The van der Waals surface area contributed by atoms with E-state index in [1.54, 1.807) is 0 Å². The first-order valence-corrected chi connectivity index (χ1v) is 13.0. The van der Waals surface area contributed by atoms with Gasteiger partial charge >= 0.3 is 0 Å². The van der Waals surface area contributed by atoms with Crippen molar-refractivity contribution in [3.05, 3.63) is 107 Å². The molecule has 5 heteroatoms. The van der Waals surface area contributed by atoms with Crippen LogP contribution in [0.25, 0.3) is 21.8 Å². The number of para-hydroxylation sites is 2. The van der Waals surface area contributed by atoms with Crippen molar-refractivity contribution in [2.24, 2.45) is 0 Å². The van der Waals surface area contributed by atoms with Crippen LogP contribution in [0.4, 0.5) is 0 Å². The summed E-state index contributed by atoms with van der Waals surface area (Å²) in [6.07, 6.45) is 2.50. The highest BCUT2D eigenvalue weighted by Crippen LogP contribution is 2.25. The number of benzene rings is 4. The van der Waals surface area contributed by atoms with Crippen LogP contribution in [-0.2, 0) is 13.0 Å². The zero-order valence-electron chi connectivity index (χ0n) is 21.5. The number of amides is 1. The van der Waals surface area contributed by atoms with E-state index in [-0.39, 0.29) is 5.91 Å². The van der Waals surface area contributed by atoms with Gasteiger partial charge in [-0.2, -0.15) is 0 Å². The van der Waals surface area contributed by atoms with Crippen LogP contribution in [0.1, 0.15) is 40.2 Å². The molecule has 1 N–H and O–H groups in total. The lowest BCUT2D eigenvalue weighted by Gasteiger charge is -2.12. The monoisotopic (exact) mass is 491 g/mol. The van der Waals surface area contributed by atoms with Crippen LogP contribution in [-0.4, -0.2) is 28.6 Å². The molecule has 0 aliphatic rings. The van der Waals surface area contributed by atoms with Crippen LogP contribution in [0.5, 0.6) is 5.75 Å². The van der Waals surface area contributed by atoms with Gasteiger partial charge in [-0.15, -0.1) is 0 Å². The van der Waals surface area contributed by atoms with Crippen LogP contribution in [0.15, 0.2) is 84.9 Å². The SMILES string of the molecule is Cc1ccc(C(=O)NCCCc2nc3ccccc3n2CCCOc2cccc3ccccc23)c(C)c1. The van der Waals surface area contributed by atoms with Crippen molar-refractivity contribution in [2.45, 2.75) is 39.7 Å². The molecule has 1 aromatic heterocycles. The van der Waals surface area contributed by atoms with Crippen molar-refractivity contribution in [1.29, 1.82) is 0 Å². The number of aryl methyl sites for hydroxylation is 4. The molecule has 4 aromatic carbocycles. The third-order valence-corrected chi connectivity index (χ3v) is 6.76. The predicted octanol–water partition coefficient (Wildman–Crippen LogP) is 6.64. The molecule has 0 spiro atoms. The molecule has 5 rings (SSSR count). The number of hydrogen-bond donors (Lipinski definition) is 1. The van der Waals surface area contributed by atoms with Crippen LogP contribution >= 0.6 is 0 Å². The average molecular weight is 492 g/mol. The van der Waals surface area contributed by atoms with Crippen molar-refractivity contribution < 1.29 is 9.53 Å². The van der Waals surface area contributed by atoms with E-state index < -0.39 is 0 Å². The number of rotatable bonds is 10. The van der Waals surface area contributed by atoms with E-state index in [0.29, 0.717) is 13.2 Å². The molecule has 0 aliphatic heterocycles. The van der Waals surface area contributed by atoms with Gasteiger partial charge in [0.15, 0.2) is 0 Å². The minimum atomic E-state index is -0.0170. The second-order valence-electron chi connectivity index (χ2n) is 9.53. The summed E-state index contributed by atoms with van der Waals surface area (Å²) >= 11 is 0. The maximum atomic E-state index is 12.6. The van der Waals surface area contributed by atoms with Gasteiger partial charge < -0.3 is 14.6 Å². The number of nitrogens with zero attached hydrogens (tertiary/aromatic N) is 2. The third kappa shape index (κ3) is 5.67. The Labute approximate surface area is 218 Å². The van der Waals surface area contributed by atoms with Gasteiger partial charge in [-0.05, 0) is 61.9 Å². The topological polar surface area (TPSA) is 56.2 Å². The van der Waals surface area contributed by atoms with Gasteiger partial charge in [-0.25, -0.2) is 4.98 Å². The Kier molecular flexibility index (Phi) is 7.50. The first-order valence-electron chi connectivity index (χ1n) is 13.0. The largest absolute Gasteiger partial charge is 0.493 e. The fourth-order valence-electron chi connectivity index (χ4n) is 4.90. The normalized spacial score (nSPS) is 11.2. The maximum absolute atomic E-state index is 12.6. The molecule has 0 fully saturated rings. The molecular formula is C32H33N3O2. The van der Waals surface area contributed by atoms with Crippen LogP contribution in [0.2, 0.25) is 0 Å². The molecule has 0 radical (unpaired) electrons. The van der Waals surface area contributed by atoms with Crippen LogP contribution in [0.3, 0.4) is 0 Å². The number of carbonyl (C=O) groups is 1. The fourth-order valence-corrected chi connectivity index (χ4v) is 4.90. The number of nitrogens with one attached hydrogen (secondary N) is 1. The Morgan fingerprint density at radius 2 is 1.73 bits per heavy atom. The quantitative estimate of drug-likeness (QED) is 0.223. The van der Waals surface area contributed by atoms with Crippen molar-refractivity contribution >= 4 is 27.7 Å². The van der Waals surface area contributed by atoms with Gasteiger partial charge in [0.2, 0.25) is 0 Å². The number of aromatic nitrogens is 2. The Morgan fingerprint density at radius 1 is 0.919 bits per heavy atom. The smallest absolute Gasteiger partial charge is 0.251 e. The molecule has 0 bridgehead atoms. The summed E-state index contributed by atoms with van der Waals surface area (Å²) in [4.78, 5) is 17.5. The lowest BCUT2D eigenvalue weighted by Crippen LogP contribution is -2.25. The Bertz CT molecular complexity index is 1530. The van der Waals surface area contributed by atoms with Crippen molar-refractivity contribution in [3.63, 3.8) is 0 Å². The summed E-state index contributed by atoms with van der Waals surface area (Å²) in [6.45, 7) is 6.09.